The van der Waals surface area contributed by atoms with Gasteiger partial charge < -0.3 is 38.6 Å². The van der Waals surface area contributed by atoms with Crippen molar-refractivity contribution in [3.8, 4) is 34.5 Å². The van der Waals surface area contributed by atoms with E-state index in [0.29, 0.717) is 35.1 Å². The van der Waals surface area contributed by atoms with Gasteiger partial charge in [-0.1, -0.05) is 59.9 Å². The first-order chi connectivity index (χ1) is 25.4. The Kier molecular flexibility index (Phi) is 9.39. The fraction of sp³-hybridized carbons (Fsp3) is 0.211. The summed E-state index contributed by atoms with van der Waals surface area (Å²) in [6.45, 7) is 0.394. The van der Waals surface area contributed by atoms with E-state index in [0.717, 1.165) is 35.5 Å². The number of fused-ring (bicyclic) bond motifs is 2. The van der Waals surface area contributed by atoms with Crippen LogP contribution in [0, 0.1) is 0 Å². The second-order valence-corrected chi connectivity index (χ2v) is 13.9. The van der Waals surface area contributed by atoms with Gasteiger partial charge in [0.05, 0.1) is 14.2 Å². The highest BCUT2D eigenvalue weighted by molar-refractivity contribution is 8.02. The van der Waals surface area contributed by atoms with E-state index >= 15 is 0 Å². The highest BCUT2D eigenvalue weighted by atomic mass is 32.2. The zero-order valence-electron chi connectivity index (χ0n) is 28.2. The zero-order chi connectivity index (χ0) is 35.6. The number of phenols is 2. The first-order valence-electron chi connectivity index (χ1n) is 16.4. The summed E-state index contributed by atoms with van der Waals surface area (Å²) < 4.78 is 34.3. The molecule has 0 spiro atoms. The number of methoxy groups -OCH3 is 2. The SMILES string of the molecule is COc1cc(C2SC=C3OC(COc4ccc(CCc5ccc(OCC6=NN7C(=CSC7c7ccc(O)c(OC)c7)O6)cc5)cc4)=NN32)ccc1O. The third-order valence-corrected chi connectivity index (χ3v) is 10.8. The van der Waals surface area contributed by atoms with Gasteiger partial charge in [-0.25, -0.2) is 10.0 Å². The quantitative estimate of drug-likeness (QED) is 0.142. The molecule has 4 heterocycles. The van der Waals surface area contributed by atoms with Gasteiger partial charge in [0.2, 0.25) is 11.8 Å². The maximum Gasteiger partial charge on any atom is 0.252 e. The minimum Gasteiger partial charge on any atom is -0.504 e. The maximum atomic E-state index is 9.95. The van der Waals surface area contributed by atoms with Gasteiger partial charge in [-0.3, -0.25) is 0 Å². The van der Waals surface area contributed by atoms with E-state index in [4.69, 9.17) is 28.4 Å². The largest absolute Gasteiger partial charge is 0.504 e. The Hall–Kier alpha value is -5.60. The molecule has 4 aromatic carbocycles. The lowest BCUT2D eigenvalue weighted by atomic mass is 10.0. The molecule has 0 bridgehead atoms. The number of hydrazone groups is 2. The Morgan fingerprint density at radius 3 is 1.44 bits per heavy atom. The molecule has 0 aliphatic carbocycles. The van der Waals surface area contributed by atoms with Gasteiger partial charge in [-0.2, -0.15) is 0 Å². The molecule has 0 saturated carbocycles. The van der Waals surface area contributed by atoms with Crippen molar-refractivity contribution in [2.24, 2.45) is 10.2 Å². The number of hydrogen-bond donors (Lipinski definition) is 2. The summed E-state index contributed by atoms with van der Waals surface area (Å²) in [4.78, 5) is 0. The number of aryl methyl sites for hydroxylation is 2. The number of aromatic hydroxyl groups is 2. The summed E-state index contributed by atoms with van der Waals surface area (Å²) in [6, 6.07) is 26.6. The van der Waals surface area contributed by atoms with E-state index in [9.17, 15) is 10.2 Å². The normalized spacial score (nSPS) is 18.4. The highest BCUT2D eigenvalue weighted by Crippen LogP contribution is 2.48. The molecule has 0 fully saturated rings. The minimum absolute atomic E-state index is 0.0926. The molecule has 4 aliphatic heterocycles. The van der Waals surface area contributed by atoms with Crippen LogP contribution < -0.4 is 18.9 Å². The molecule has 8 rings (SSSR count). The molecule has 0 amide bonds. The summed E-state index contributed by atoms with van der Waals surface area (Å²) in [6.07, 6.45) is 1.75. The van der Waals surface area contributed by atoms with Crippen molar-refractivity contribution < 1.29 is 38.6 Å². The van der Waals surface area contributed by atoms with Crippen LogP contribution in [0.1, 0.15) is 33.0 Å². The Balaban J connectivity index is 0.787. The zero-order valence-corrected chi connectivity index (χ0v) is 29.8. The van der Waals surface area contributed by atoms with E-state index in [-0.39, 0.29) is 35.5 Å². The first kappa shape index (κ1) is 33.5. The summed E-state index contributed by atoms with van der Waals surface area (Å²) in [5.41, 5.74) is 4.27. The highest BCUT2D eigenvalue weighted by Gasteiger charge is 2.37. The molecule has 52 heavy (non-hydrogen) atoms. The number of thioether (sulfide) groups is 2. The van der Waals surface area contributed by atoms with Gasteiger partial charge in [-0.05, 0) is 83.6 Å². The number of rotatable bonds is 13. The van der Waals surface area contributed by atoms with Crippen molar-refractivity contribution in [1.82, 2.24) is 10.0 Å². The van der Waals surface area contributed by atoms with Crippen molar-refractivity contribution >= 4 is 35.3 Å². The minimum atomic E-state index is -0.124. The average Bonchev–Trinajstić information content (AvgIpc) is 3.96. The van der Waals surface area contributed by atoms with E-state index in [1.165, 1.54) is 25.3 Å². The second-order valence-electron chi connectivity index (χ2n) is 12.0. The van der Waals surface area contributed by atoms with E-state index in [2.05, 4.69) is 34.5 Å². The lowest BCUT2D eigenvalue weighted by Gasteiger charge is -2.18. The van der Waals surface area contributed by atoms with Crippen molar-refractivity contribution in [3.05, 3.63) is 130 Å². The van der Waals surface area contributed by atoms with Crippen LogP contribution >= 0.6 is 23.5 Å². The lowest BCUT2D eigenvalue weighted by molar-refractivity contribution is 0.255. The maximum absolute atomic E-state index is 9.95. The molecular formula is C38H34N4O8S2. The van der Waals surface area contributed by atoms with Gasteiger partial charge in [0.15, 0.2) is 36.2 Å². The molecule has 2 unspecified atom stereocenters. The van der Waals surface area contributed by atoms with E-state index < -0.39 is 0 Å². The molecule has 2 N–H and O–H groups in total. The Bertz CT molecular complexity index is 1940. The fourth-order valence-electron chi connectivity index (χ4n) is 5.90. The smallest absolute Gasteiger partial charge is 0.252 e. The van der Waals surface area contributed by atoms with Crippen molar-refractivity contribution in [1.29, 1.82) is 0 Å². The van der Waals surface area contributed by atoms with Crippen molar-refractivity contribution in [2.75, 3.05) is 27.4 Å². The number of ether oxygens (including phenoxy) is 6. The van der Waals surface area contributed by atoms with Crippen LogP contribution in [0.5, 0.6) is 34.5 Å². The van der Waals surface area contributed by atoms with Crippen LogP contribution in [0.25, 0.3) is 0 Å². The average molecular weight is 739 g/mol. The molecule has 2 atom stereocenters. The van der Waals surface area contributed by atoms with Gasteiger partial charge >= 0.3 is 0 Å². The van der Waals surface area contributed by atoms with Crippen LogP contribution in [0.3, 0.4) is 0 Å². The number of benzene rings is 4. The second kappa shape index (κ2) is 14.6. The fourth-order valence-corrected chi connectivity index (χ4v) is 7.85. The molecular weight excluding hydrogens is 705 g/mol. The van der Waals surface area contributed by atoms with Crippen LogP contribution in [0.15, 0.2) is 118 Å². The Morgan fingerprint density at radius 2 is 1.04 bits per heavy atom. The van der Waals surface area contributed by atoms with Crippen LogP contribution in [-0.4, -0.2) is 59.5 Å². The molecule has 0 radical (unpaired) electrons. The lowest BCUT2D eigenvalue weighted by Crippen LogP contribution is -2.13. The topological polar surface area (TPSA) is 127 Å². The monoisotopic (exact) mass is 738 g/mol. The molecule has 0 aromatic heterocycles. The number of phenolic OH excluding ortho intramolecular Hbond substituents is 2. The molecule has 0 saturated heterocycles. The number of nitrogens with zero attached hydrogens (tertiary/aromatic N) is 4. The predicted molar refractivity (Wildman–Crippen MR) is 198 cm³/mol. The molecule has 14 heteroatoms. The van der Waals surface area contributed by atoms with Crippen LogP contribution in [0.2, 0.25) is 0 Å². The standard InChI is InChI=1S/C38H34N4O8S2/c1-45-31-17-25(9-15-29(31)43)37-41-35(21-51-37)49-33(39-41)19-47-27-11-5-23(6-12-27)3-4-24-7-13-28(14-8-24)48-20-34-40-42-36(50-34)22-52-38(42)26-10-16-30(44)32(18-26)46-2/h5-18,21-22,37-38,43-44H,3-4,19-20H2,1-2H3. The Morgan fingerprint density at radius 1 is 0.615 bits per heavy atom. The number of hydrogen-bond acceptors (Lipinski definition) is 14. The summed E-state index contributed by atoms with van der Waals surface area (Å²) in [7, 11) is 3.05. The predicted octanol–water partition coefficient (Wildman–Crippen LogP) is 7.44. The van der Waals surface area contributed by atoms with Gasteiger partial charge in [-0.15, -0.1) is 10.2 Å². The van der Waals surface area contributed by atoms with Crippen molar-refractivity contribution in [3.63, 3.8) is 0 Å². The summed E-state index contributed by atoms with van der Waals surface area (Å²) >= 11 is 3.14. The van der Waals surface area contributed by atoms with Crippen LogP contribution in [-0.2, 0) is 22.3 Å². The van der Waals surface area contributed by atoms with Gasteiger partial charge in [0.1, 0.15) is 22.2 Å². The van der Waals surface area contributed by atoms with E-state index in [1.54, 1.807) is 47.8 Å². The first-order valence-corrected chi connectivity index (χ1v) is 18.3. The Labute approximate surface area is 308 Å². The molecule has 4 aromatic rings. The third-order valence-electron chi connectivity index (χ3n) is 8.63. The summed E-state index contributed by atoms with van der Waals surface area (Å²) in [5, 5.41) is 36.4. The molecule has 266 valence electrons. The molecule has 12 nitrogen and oxygen atoms in total. The van der Waals surface area contributed by atoms with Crippen LogP contribution in [0.4, 0.5) is 0 Å². The van der Waals surface area contributed by atoms with Gasteiger partial charge in [0.25, 0.3) is 11.8 Å². The van der Waals surface area contributed by atoms with E-state index in [1.807, 2.05) is 57.2 Å². The molecule has 4 aliphatic rings. The summed E-state index contributed by atoms with van der Waals surface area (Å²) in [5.74, 6) is 4.71. The van der Waals surface area contributed by atoms with Crippen molar-refractivity contribution in [2.45, 2.75) is 23.6 Å². The van der Waals surface area contributed by atoms with Gasteiger partial charge in [0, 0.05) is 10.8 Å². The third kappa shape index (κ3) is 6.99.